The molecule has 2 N–H and O–H groups in total. The quantitative estimate of drug-likeness (QED) is 0.868. The zero-order valence-electron chi connectivity index (χ0n) is 11.0. The summed E-state index contributed by atoms with van der Waals surface area (Å²) in [6.07, 6.45) is 0. The Balaban J connectivity index is 3.16. The van der Waals surface area contributed by atoms with E-state index in [9.17, 15) is 14.4 Å². The Bertz CT molecular complexity index is 558. The van der Waals surface area contributed by atoms with Gasteiger partial charge < -0.3 is 15.1 Å². The fourth-order valence-electron chi connectivity index (χ4n) is 1.61. The SMILES string of the molecule is CC(=O)N(CC(C)C(=O)O)c1ccc(Cl)c(C(=O)O)c1. The van der Waals surface area contributed by atoms with Crippen molar-refractivity contribution in [1.29, 1.82) is 0 Å². The Labute approximate surface area is 120 Å². The van der Waals surface area contributed by atoms with Gasteiger partial charge in [0.15, 0.2) is 0 Å². The largest absolute Gasteiger partial charge is 0.481 e. The van der Waals surface area contributed by atoms with Crippen LogP contribution in [0.4, 0.5) is 5.69 Å². The van der Waals surface area contributed by atoms with Crippen molar-refractivity contribution in [3.05, 3.63) is 28.8 Å². The summed E-state index contributed by atoms with van der Waals surface area (Å²) in [4.78, 5) is 34.7. The lowest BCUT2D eigenvalue weighted by molar-refractivity contribution is -0.140. The summed E-state index contributed by atoms with van der Waals surface area (Å²) in [5, 5.41) is 17.9. The van der Waals surface area contributed by atoms with Crippen molar-refractivity contribution in [3.63, 3.8) is 0 Å². The van der Waals surface area contributed by atoms with Gasteiger partial charge in [0, 0.05) is 19.2 Å². The van der Waals surface area contributed by atoms with Crippen LogP contribution in [0.1, 0.15) is 24.2 Å². The minimum absolute atomic E-state index is 0.0502. The molecule has 1 aromatic carbocycles. The van der Waals surface area contributed by atoms with Crippen LogP contribution in [-0.4, -0.2) is 34.6 Å². The highest BCUT2D eigenvalue weighted by Crippen LogP contribution is 2.24. The third-order valence-electron chi connectivity index (χ3n) is 2.75. The van der Waals surface area contributed by atoms with Gasteiger partial charge in [0.05, 0.1) is 16.5 Å². The van der Waals surface area contributed by atoms with Crippen LogP contribution < -0.4 is 4.90 Å². The maximum atomic E-state index is 11.6. The van der Waals surface area contributed by atoms with Gasteiger partial charge in [0.2, 0.25) is 5.91 Å². The van der Waals surface area contributed by atoms with Crippen molar-refractivity contribution in [2.75, 3.05) is 11.4 Å². The summed E-state index contributed by atoms with van der Waals surface area (Å²) in [6, 6.07) is 4.09. The van der Waals surface area contributed by atoms with Crippen LogP contribution in [0.15, 0.2) is 18.2 Å². The predicted molar refractivity (Wildman–Crippen MR) is 73.2 cm³/mol. The number of hydrogen-bond donors (Lipinski definition) is 2. The van der Waals surface area contributed by atoms with Crippen molar-refractivity contribution >= 4 is 35.1 Å². The molecule has 108 valence electrons. The van der Waals surface area contributed by atoms with Gasteiger partial charge in [0.25, 0.3) is 0 Å². The first-order valence-corrected chi connectivity index (χ1v) is 6.15. The molecule has 1 atom stereocenters. The molecule has 0 fully saturated rings. The van der Waals surface area contributed by atoms with E-state index in [0.717, 1.165) is 0 Å². The average Bonchev–Trinajstić information content (AvgIpc) is 2.35. The van der Waals surface area contributed by atoms with Gasteiger partial charge in [-0.2, -0.15) is 0 Å². The summed E-state index contributed by atoms with van der Waals surface area (Å²) in [7, 11) is 0. The zero-order valence-corrected chi connectivity index (χ0v) is 11.7. The van der Waals surface area contributed by atoms with Crippen LogP contribution in [0.25, 0.3) is 0 Å². The molecule has 7 heteroatoms. The fourth-order valence-corrected chi connectivity index (χ4v) is 1.81. The highest BCUT2D eigenvalue weighted by molar-refractivity contribution is 6.33. The molecule has 0 aliphatic carbocycles. The van der Waals surface area contributed by atoms with Gasteiger partial charge in [-0.15, -0.1) is 0 Å². The number of hydrogen-bond acceptors (Lipinski definition) is 3. The number of rotatable bonds is 5. The molecule has 1 aromatic rings. The second kappa shape index (κ2) is 6.38. The normalized spacial score (nSPS) is 11.8. The first-order valence-electron chi connectivity index (χ1n) is 5.77. The number of carbonyl (C=O) groups is 3. The minimum Gasteiger partial charge on any atom is -0.481 e. The second-order valence-corrected chi connectivity index (χ2v) is 4.75. The van der Waals surface area contributed by atoms with E-state index in [4.69, 9.17) is 21.8 Å². The van der Waals surface area contributed by atoms with E-state index in [1.807, 2.05) is 0 Å². The number of carboxylic acid groups (broad SMARTS) is 2. The number of carboxylic acids is 2. The third kappa shape index (κ3) is 3.71. The number of aromatic carboxylic acids is 1. The molecule has 6 nitrogen and oxygen atoms in total. The number of carbonyl (C=O) groups excluding carboxylic acids is 1. The van der Waals surface area contributed by atoms with Gasteiger partial charge in [-0.05, 0) is 18.2 Å². The Morgan fingerprint density at radius 3 is 2.35 bits per heavy atom. The topological polar surface area (TPSA) is 94.9 Å². The van der Waals surface area contributed by atoms with E-state index in [1.165, 1.54) is 36.9 Å². The van der Waals surface area contributed by atoms with Crippen molar-refractivity contribution in [2.24, 2.45) is 5.92 Å². The first-order chi connectivity index (χ1) is 9.23. The van der Waals surface area contributed by atoms with Gasteiger partial charge >= 0.3 is 11.9 Å². The summed E-state index contributed by atoms with van der Waals surface area (Å²) in [5.41, 5.74) is 0.158. The Kier molecular flexibility index (Phi) is 5.10. The minimum atomic E-state index is -1.22. The molecule has 0 saturated carbocycles. The van der Waals surface area contributed by atoms with E-state index < -0.39 is 17.9 Å². The maximum Gasteiger partial charge on any atom is 0.337 e. The van der Waals surface area contributed by atoms with Gasteiger partial charge in [-0.25, -0.2) is 4.79 Å². The van der Waals surface area contributed by atoms with Crippen LogP contribution in [0.3, 0.4) is 0 Å². The summed E-state index contributed by atoms with van der Waals surface area (Å²) in [5.74, 6) is -3.41. The third-order valence-corrected chi connectivity index (χ3v) is 3.08. The number of benzene rings is 1. The molecular formula is C13H14ClNO5. The lowest BCUT2D eigenvalue weighted by atomic mass is 10.1. The zero-order chi connectivity index (χ0) is 15.4. The average molecular weight is 300 g/mol. The maximum absolute atomic E-state index is 11.6. The molecule has 0 radical (unpaired) electrons. The first kappa shape index (κ1) is 16.0. The number of anilines is 1. The standard InChI is InChI=1S/C13H14ClNO5/c1-7(12(17)18)6-15(8(2)16)9-3-4-11(14)10(5-9)13(19)20/h3-5,7H,6H2,1-2H3,(H,17,18)(H,19,20). The van der Waals surface area contributed by atoms with Gasteiger partial charge in [-0.3, -0.25) is 9.59 Å². The number of halogens is 1. The lowest BCUT2D eigenvalue weighted by Crippen LogP contribution is -2.35. The molecule has 0 aromatic heterocycles. The second-order valence-electron chi connectivity index (χ2n) is 4.34. The Hall–Kier alpha value is -2.08. The van der Waals surface area contributed by atoms with Crippen molar-refractivity contribution in [3.8, 4) is 0 Å². The molecular weight excluding hydrogens is 286 g/mol. The molecule has 1 amide bonds. The molecule has 0 aliphatic rings. The van der Waals surface area contributed by atoms with Crippen molar-refractivity contribution < 1.29 is 24.6 Å². The molecule has 1 rings (SSSR count). The number of nitrogens with zero attached hydrogens (tertiary/aromatic N) is 1. The highest BCUT2D eigenvalue weighted by atomic mass is 35.5. The van der Waals surface area contributed by atoms with Crippen molar-refractivity contribution in [1.82, 2.24) is 0 Å². The van der Waals surface area contributed by atoms with Gasteiger partial charge in [-0.1, -0.05) is 18.5 Å². The van der Waals surface area contributed by atoms with Crippen LogP contribution in [0, 0.1) is 5.92 Å². The molecule has 0 heterocycles. The fraction of sp³-hybridized carbons (Fsp3) is 0.308. The smallest absolute Gasteiger partial charge is 0.337 e. The molecule has 20 heavy (non-hydrogen) atoms. The summed E-state index contributed by atoms with van der Waals surface area (Å²) in [6.45, 7) is 2.70. The summed E-state index contributed by atoms with van der Waals surface area (Å²) >= 11 is 5.75. The highest BCUT2D eigenvalue weighted by Gasteiger charge is 2.21. The molecule has 0 spiro atoms. The van der Waals surface area contributed by atoms with E-state index >= 15 is 0 Å². The molecule has 0 saturated heterocycles. The van der Waals surface area contributed by atoms with Crippen LogP contribution in [-0.2, 0) is 9.59 Å². The van der Waals surface area contributed by atoms with Crippen LogP contribution in [0.2, 0.25) is 5.02 Å². The van der Waals surface area contributed by atoms with Crippen LogP contribution in [0.5, 0.6) is 0 Å². The van der Waals surface area contributed by atoms with Crippen molar-refractivity contribution in [2.45, 2.75) is 13.8 Å². The van der Waals surface area contributed by atoms with Crippen LogP contribution >= 0.6 is 11.6 Å². The molecule has 0 aliphatic heterocycles. The Morgan fingerprint density at radius 2 is 1.90 bits per heavy atom. The van der Waals surface area contributed by atoms with E-state index in [0.29, 0.717) is 5.69 Å². The lowest BCUT2D eigenvalue weighted by Gasteiger charge is -2.23. The van der Waals surface area contributed by atoms with E-state index in [2.05, 4.69) is 0 Å². The monoisotopic (exact) mass is 299 g/mol. The molecule has 1 unspecified atom stereocenters. The van der Waals surface area contributed by atoms with E-state index in [-0.39, 0.29) is 23.0 Å². The number of aliphatic carboxylic acids is 1. The van der Waals surface area contributed by atoms with Gasteiger partial charge in [0.1, 0.15) is 0 Å². The Morgan fingerprint density at radius 1 is 1.30 bits per heavy atom. The molecule has 0 bridgehead atoms. The summed E-state index contributed by atoms with van der Waals surface area (Å²) < 4.78 is 0. The van der Waals surface area contributed by atoms with E-state index in [1.54, 1.807) is 0 Å². The predicted octanol–water partition coefficient (Wildman–Crippen LogP) is 2.11. The number of amides is 1.